The van der Waals surface area contributed by atoms with E-state index in [1.807, 2.05) is 0 Å². The molecule has 14 nitrogen and oxygen atoms in total. The summed E-state index contributed by atoms with van der Waals surface area (Å²) in [4.78, 5) is 0. The maximum Gasteiger partial charge on any atom is 0.211 e. The second-order valence-corrected chi connectivity index (χ2v) is 9.21. The van der Waals surface area contributed by atoms with E-state index >= 15 is 0 Å². The highest BCUT2D eigenvalue weighted by molar-refractivity contribution is 4.96. The van der Waals surface area contributed by atoms with Gasteiger partial charge in [-0.1, -0.05) is 0 Å². The van der Waals surface area contributed by atoms with Gasteiger partial charge in [-0.3, -0.25) is 0 Å². The summed E-state index contributed by atoms with van der Waals surface area (Å²) in [5.74, 6) is 0. The van der Waals surface area contributed by atoms with Crippen molar-refractivity contribution < 1.29 is 73.1 Å². The second kappa shape index (κ2) is 10.8. The molecule has 20 N–H and O–H groups in total. The molecule has 0 unspecified atom stereocenters. The van der Waals surface area contributed by atoms with E-state index in [4.69, 9.17) is 18.9 Å². The Morgan fingerprint density at radius 2 is 1.28 bits per heavy atom. The third-order valence-electron chi connectivity index (χ3n) is 6.77. The molecule has 1 saturated carbocycles. The smallest absolute Gasteiger partial charge is 0.211 e. The lowest BCUT2D eigenvalue weighted by Crippen LogP contribution is -2.84. The molecule has 0 aromatic heterocycles. The first-order valence-corrected chi connectivity index (χ1v) is 11.2. The van der Waals surface area contributed by atoms with Crippen LogP contribution in [-0.4, -0.2) is 124 Å². The molecule has 0 radical (unpaired) electrons. The highest BCUT2D eigenvalue weighted by Gasteiger charge is 2.53. The van der Waals surface area contributed by atoms with Crippen LogP contribution in [0.1, 0.15) is 12.8 Å². The first-order chi connectivity index (χ1) is 15.1. The van der Waals surface area contributed by atoms with Crippen LogP contribution in [0.25, 0.3) is 0 Å². The van der Waals surface area contributed by atoms with Crippen LogP contribution in [0.2, 0.25) is 0 Å². The summed E-state index contributed by atoms with van der Waals surface area (Å²) in [6.45, 7) is -0.112. The standard InChI is InChI=1S/C18H37N5O9/c19-3-9-8(25)2-7(22)17(29-9)31-15-5(20)1-6(21)16(14(15)28)32-18-13(27)11(23)12(26)10(4-24)30-18/h5-18,24-28H,1-4,19-23H2/p+5/t5-,6+,7+,8-,9+,10+,11-,12+,13+,14-,15+,16-,17+,18+/m0/s1. The van der Waals surface area contributed by atoms with Crippen LogP contribution in [-0.2, 0) is 18.9 Å². The first-order valence-electron chi connectivity index (χ1n) is 11.2. The number of hydrogen-bond donors (Lipinski definition) is 10. The van der Waals surface area contributed by atoms with E-state index in [1.54, 1.807) is 0 Å². The van der Waals surface area contributed by atoms with Gasteiger partial charge in [-0.15, -0.1) is 0 Å². The van der Waals surface area contributed by atoms with Gasteiger partial charge in [-0.05, 0) is 0 Å². The molecule has 0 amide bonds. The fourth-order valence-electron chi connectivity index (χ4n) is 4.72. The molecular formula is C18H42N5O9+5. The Bertz CT molecular complexity index is 607. The van der Waals surface area contributed by atoms with Gasteiger partial charge in [-0.2, -0.15) is 0 Å². The van der Waals surface area contributed by atoms with Crippen LogP contribution in [0, 0.1) is 0 Å². The number of hydrogen-bond acceptors (Lipinski definition) is 9. The molecule has 1 aliphatic carbocycles. The first kappa shape index (κ1) is 26.1. The van der Waals surface area contributed by atoms with Crippen molar-refractivity contribution in [2.45, 2.75) is 98.4 Å². The normalized spacial score (nSPS) is 52.7. The topological polar surface area (TPSA) is 276 Å². The SMILES string of the molecule is [NH3+]C[C@H]1O[C@H](O[C@H]2[C@H](O)[C@@H](O[C@H]3O[C@H](CO)[C@@H](O)[C@H]([NH3+])[C@H]3O)[C@H]([NH3+])C[C@@H]2[NH3+])[C@H]([NH3+])C[C@@H]1O. The number of aliphatic hydroxyl groups excluding tert-OH is 5. The predicted octanol–water partition coefficient (Wildman–Crippen LogP) is -9.88. The summed E-state index contributed by atoms with van der Waals surface area (Å²) < 4.78 is 23.3. The van der Waals surface area contributed by atoms with Crippen molar-refractivity contribution >= 4 is 0 Å². The molecule has 0 spiro atoms. The fraction of sp³-hybridized carbons (Fsp3) is 1.00. The summed E-state index contributed by atoms with van der Waals surface area (Å²) >= 11 is 0. The van der Waals surface area contributed by atoms with Gasteiger partial charge in [-0.25, -0.2) is 0 Å². The Morgan fingerprint density at radius 1 is 0.719 bits per heavy atom. The Kier molecular flexibility index (Phi) is 8.79. The maximum absolute atomic E-state index is 11.1. The lowest BCUT2D eigenvalue weighted by molar-refractivity contribution is -0.534. The Morgan fingerprint density at radius 3 is 1.84 bits per heavy atom. The molecule has 0 bridgehead atoms. The monoisotopic (exact) mass is 472 g/mol. The highest BCUT2D eigenvalue weighted by atomic mass is 16.7. The minimum absolute atomic E-state index is 0.321. The minimum Gasteiger partial charge on any atom is -0.394 e. The minimum atomic E-state index is -1.27. The maximum atomic E-state index is 11.1. The van der Waals surface area contributed by atoms with Crippen LogP contribution in [0.15, 0.2) is 0 Å². The third-order valence-corrected chi connectivity index (χ3v) is 6.77. The van der Waals surface area contributed by atoms with E-state index in [-0.39, 0.29) is 18.1 Å². The summed E-state index contributed by atoms with van der Waals surface area (Å²) in [5.41, 5.74) is 19.7. The average molecular weight is 473 g/mol. The Labute approximate surface area is 185 Å². The Balaban J connectivity index is 1.70. The average Bonchev–Trinajstić information content (AvgIpc) is 2.75. The summed E-state index contributed by atoms with van der Waals surface area (Å²) in [7, 11) is 0. The molecule has 14 heteroatoms. The van der Waals surface area contributed by atoms with Gasteiger partial charge in [0, 0.05) is 6.42 Å². The number of ether oxygens (including phenoxy) is 4. The van der Waals surface area contributed by atoms with Crippen molar-refractivity contribution in [2.24, 2.45) is 0 Å². The molecule has 3 fully saturated rings. The van der Waals surface area contributed by atoms with E-state index < -0.39 is 74.1 Å². The fourth-order valence-corrected chi connectivity index (χ4v) is 4.72. The molecular weight excluding hydrogens is 430 g/mol. The lowest BCUT2D eigenvalue weighted by Gasteiger charge is -2.44. The predicted molar refractivity (Wildman–Crippen MR) is 102 cm³/mol. The molecule has 2 heterocycles. The molecule has 2 aliphatic heterocycles. The molecule has 3 rings (SSSR count). The largest absolute Gasteiger partial charge is 0.394 e. The molecule has 0 aromatic rings. The van der Waals surface area contributed by atoms with Crippen molar-refractivity contribution in [2.75, 3.05) is 13.2 Å². The number of aliphatic hydroxyl groups is 5. The zero-order valence-electron chi connectivity index (χ0n) is 18.3. The molecule has 0 aromatic carbocycles. The van der Waals surface area contributed by atoms with E-state index in [0.717, 1.165) is 0 Å². The van der Waals surface area contributed by atoms with Crippen LogP contribution >= 0.6 is 0 Å². The molecule has 3 aliphatic rings. The number of quaternary nitrogens is 5. The molecule has 14 atom stereocenters. The quantitative estimate of drug-likeness (QED) is 0.175. The highest BCUT2D eigenvalue weighted by Crippen LogP contribution is 2.29. The second-order valence-electron chi connectivity index (χ2n) is 9.21. The van der Waals surface area contributed by atoms with Crippen LogP contribution in [0.4, 0.5) is 0 Å². The summed E-state index contributed by atoms with van der Waals surface area (Å²) in [6, 6.07) is -1.91. The van der Waals surface area contributed by atoms with Crippen molar-refractivity contribution in [3.63, 3.8) is 0 Å². The third kappa shape index (κ3) is 5.24. The van der Waals surface area contributed by atoms with Gasteiger partial charge in [0.05, 0.1) is 19.1 Å². The van der Waals surface area contributed by atoms with Crippen LogP contribution < -0.4 is 28.7 Å². The van der Waals surface area contributed by atoms with Crippen molar-refractivity contribution in [1.82, 2.24) is 0 Å². The van der Waals surface area contributed by atoms with E-state index in [2.05, 4.69) is 28.7 Å². The molecule has 188 valence electrons. The van der Waals surface area contributed by atoms with E-state index in [1.165, 1.54) is 0 Å². The zero-order chi connectivity index (χ0) is 23.7. The molecule has 2 saturated heterocycles. The van der Waals surface area contributed by atoms with Gasteiger partial charge in [0.1, 0.15) is 67.3 Å². The van der Waals surface area contributed by atoms with E-state index in [0.29, 0.717) is 19.4 Å². The summed E-state index contributed by atoms with van der Waals surface area (Å²) in [5, 5.41) is 51.2. The van der Waals surface area contributed by atoms with Crippen molar-refractivity contribution in [3.8, 4) is 0 Å². The van der Waals surface area contributed by atoms with Gasteiger partial charge in [0.25, 0.3) is 0 Å². The van der Waals surface area contributed by atoms with Gasteiger partial charge in [0.2, 0.25) is 6.29 Å². The summed E-state index contributed by atoms with van der Waals surface area (Å²) in [6.07, 6.45) is -8.53. The molecule has 32 heavy (non-hydrogen) atoms. The van der Waals surface area contributed by atoms with Gasteiger partial charge < -0.3 is 73.1 Å². The van der Waals surface area contributed by atoms with Gasteiger partial charge >= 0.3 is 0 Å². The van der Waals surface area contributed by atoms with Crippen molar-refractivity contribution in [1.29, 1.82) is 0 Å². The zero-order valence-corrected chi connectivity index (χ0v) is 18.3. The van der Waals surface area contributed by atoms with Gasteiger partial charge in [0.15, 0.2) is 12.4 Å². The van der Waals surface area contributed by atoms with Crippen molar-refractivity contribution in [3.05, 3.63) is 0 Å². The van der Waals surface area contributed by atoms with Crippen LogP contribution in [0.3, 0.4) is 0 Å². The van der Waals surface area contributed by atoms with Crippen LogP contribution in [0.5, 0.6) is 0 Å². The lowest BCUT2D eigenvalue weighted by atomic mass is 9.84. The van der Waals surface area contributed by atoms with E-state index in [9.17, 15) is 25.5 Å². The Hall–Kier alpha value is -0.560. The number of rotatable bonds is 6.